The molecular weight excluding hydrogens is 264 g/mol. The van der Waals surface area contributed by atoms with Gasteiger partial charge in [-0.3, -0.25) is 0 Å². The summed E-state index contributed by atoms with van der Waals surface area (Å²) in [6, 6.07) is 10.9. The molecule has 21 heavy (non-hydrogen) atoms. The van der Waals surface area contributed by atoms with Crippen LogP contribution in [0.15, 0.2) is 47.3 Å². The first-order valence-electron chi connectivity index (χ1n) is 7.49. The number of hydrogen-bond acceptors (Lipinski definition) is 4. The highest BCUT2D eigenvalue weighted by Crippen LogP contribution is 2.25. The van der Waals surface area contributed by atoms with Gasteiger partial charge in [-0.15, -0.1) is 0 Å². The summed E-state index contributed by atoms with van der Waals surface area (Å²) in [5.41, 5.74) is 2.41. The van der Waals surface area contributed by atoms with Crippen LogP contribution in [0.25, 0.3) is 0 Å². The van der Waals surface area contributed by atoms with Crippen molar-refractivity contribution in [3.8, 4) is 5.75 Å². The quantitative estimate of drug-likeness (QED) is 0.887. The Bertz CT molecular complexity index is 554. The van der Waals surface area contributed by atoms with Crippen molar-refractivity contribution in [3.05, 3.63) is 54.0 Å². The van der Waals surface area contributed by atoms with Gasteiger partial charge in [0.05, 0.1) is 25.7 Å². The monoisotopic (exact) mass is 286 g/mol. The molecule has 0 bridgehead atoms. The minimum Gasteiger partial charge on any atom is -0.496 e. The highest BCUT2D eigenvalue weighted by Gasteiger charge is 2.26. The van der Waals surface area contributed by atoms with E-state index in [1.807, 2.05) is 30.5 Å². The molecule has 0 amide bonds. The first-order chi connectivity index (χ1) is 10.4. The van der Waals surface area contributed by atoms with Crippen LogP contribution in [0.4, 0.5) is 0 Å². The molecule has 1 aromatic heterocycles. The molecule has 0 saturated carbocycles. The fraction of sp³-hybridized carbons (Fsp3) is 0.412. The van der Waals surface area contributed by atoms with Gasteiger partial charge >= 0.3 is 0 Å². The average molecular weight is 286 g/mol. The van der Waals surface area contributed by atoms with Crippen molar-refractivity contribution in [1.29, 1.82) is 0 Å². The zero-order valence-electron chi connectivity index (χ0n) is 12.3. The van der Waals surface area contributed by atoms with Crippen molar-refractivity contribution in [1.82, 2.24) is 10.6 Å². The molecule has 2 atom stereocenters. The number of furan rings is 1. The van der Waals surface area contributed by atoms with Gasteiger partial charge in [-0.2, -0.15) is 0 Å². The third-order valence-corrected chi connectivity index (χ3v) is 4.11. The lowest BCUT2D eigenvalue weighted by Crippen LogP contribution is -2.45. The number of piperidine rings is 1. The van der Waals surface area contributed by atoms with Crippen LogP contribution in [-0.2, 0) is 6.54 Å². The Morgan fingerprint density at radius 1 is 1.33 bits per heavy atom. The average Bonchev–Trinajstić information content (AvgIpc) is 3.08. The molecule has 112 valence electrons. The summed E-state index contributed by atoms with van der Waals surface area (Å²) in [5, 5.41) is 7.25. The topological polar surface area (TPSA) is 46.4 Å². The van der Waals surface area contributed by atoms with Crippen molar-refractivity contribution in [2.24, 2.45) is 0 Å². The minimum atomic E-state index is 0.312. The lowest BCUT2D eigenvalue weighted by molar-refractivity contribution is 0.301. The zero-order valence-corrected chi connectivity index (χ0v) is 12.3. The largest absolute Gasteiger partial charge is 0.496 e. The van der Waals surface area contributed by atoms with Crippen LogP contribution >= 0.6 is 0 Å². The van der Waals surface area contributed by atoms with Crippen molar-refractivity contribution >= 4 is 0 Å². The Kier molecular flexibility index (Phi) is 4.58. The Morgan fingerprint density at radius 2 is 2.24 bits per heavy atom. The SMILES string of the molecule is COc1ccccc1CNC1CCCNC1c1ccoc1. The molecule has 1 saturated heterocycles. The molecule has 4 heteroatoms. The van der Waals surface area contributed by atoms with E-state index in [0.29, 0.717) is 12.1 Å². The number of methoxy groups -OCH3 is 1. The molecule has 1 aliphatic rings. The van der Waals surface area contributed by atoms with Gasteiger partial charge in [0.15, 0.2) is 0 Å². The fourth-order valence-electron chi connectivity index (χ4n) is 3.00. The first-order valence-corrected chi connectivity index (χ1v) is 7.49. The van der Waals surface area contributed by atoms with Crippen molar-refractivity contribution in [3.63, 3.8) is 0 Å². The van der Waals surface area contributed by atoms with E-state index in [0.717, 1.165) is 25.3 Å². The van der Waals surface area contributed by atoms with Gasteiger partial charge in [0.25, 0.3) is 0 Å². The Hall–Kier alpha value is -1.78. The molecule has 0 radical (unpaired) electrons. The highest BCUT2D eigenvalue weighted by molar-refractivity contribution is 5.33. The van der Waals surface area contributed by atoms with Crippen LogP contribution in [-0.4, -0.2) is 19.7 Å². The Morgan fingerprint density at radius 3 is 3.05 bits per heavy atom. The van der Waals surface area contributed by atoms with Gasteiger partial charge in [0.2, 0.25) is 0 Å². The summed E-state index contributed by atoms with van der Waals surface area (Å²) >= 11 is 0. The van der Waals surface area contributed by atoms with Gasteiger partial charge in [-0.1, -0.05) is 18.2 Å². The van der Waals surface area contributed by atoms with E-state index in [1.54, 1.807) is 13.4 Å². The maximum atomic E-state index is 5.41. The van der Waals surface area contributed by atoms with Crippen molar-refractivity contribution < 1.29 is 9.15 Å². The van der Waals surface area contributed by atoms with E-state index in [-0.39, 0.29) is 0 Å². The second-order valence-electron chi connectivity index (χ2n) is 5.43. The van der Waals surface area contributed by atoms with Crippen LogP contribution in [0.1, 0.15) is 30.0 Å². The fourth-order valence-corrected chi connectivity index (χ4v) is 3.00. The molecule has 2 N–H and O–H groups in total. The molecule has 0 aliphatic carbocycles. The van der Waals surface area contributed by atoms with Gasteiger partial charge in [-0.25, -0.2) is 0 Å². The molecule has 1 fully saturated rings. The van der Waals surface area contributed by atoms with Crippen molar-refractivity contribution in [2.75, 3.05) is 13.7 Å². The van der Waals surface area contributed by atoms with Gasteiger partial charge in [0.1, 0.15) is 5.75 Å². The molecule has 2 unspecified atom stereocenters. The minimum absolute atomic E-state index is 0.312. The molecular formula is C17H22N2O2. The van der Waals surface area contributed by atoms with Crippen LogP contribution in [0.5, 0.6) is 5.75 Å². The van der Waals surface area contributed by atoms with E-state index in [1.165, 1.54) is 17.5 Å². The smallest absolute Gasteiger partial charge is 0.123 e. The number of ether oxygens (including phenoxy) is 1. The number of rotatable bonds is 5. The van der Waals surface area contributed by atoms with E-state index in [9.17, 15) is 0 Å². The van der Waals surface area contributed by atoms with Crippen LogP contribution in [0, 0.1) is 0 Å². The van der Waals surface area contributed by atoms with Crippen LogP contribution in [0.3, 0.4) is 0 Å². The second-order valence-corrected chi connectivity index (χ2v) is 5.43. The lowest BCUT2D eigenvalue weighted by Gasteiger charge is -2.33. The first kappa shape index (κ1) is 14.2. The van der Waals surface area contributed by atoms with E-state index in [4.69, 9.17) is 9.15 Å². The van der Waals surface area contributed by atoms with Crippen LogP contribution < -0.4 is 15.4 Å². The molecule has 0 spiro atoms. The maximum absolute atomic E-state index is 5.41. The molecule has 4 nitrogen and oxygen atoms in total. The second kappa shape index (κ2) is 6.78. The van der Waals surface area contributed by atoms with Gasteiger partial charge < -0.3 is 19.8 Å². The highest BCUT2D eigenvalue weighted by atomic mass is 16.5. The summed E-state index contributed by atoms with van der Waals surface area (Å²) in [6.45, 7) is 1.87. The van der Waals surface area contributed by atoms with Crippen LogP contribution in [0.2, 0.25) is 0 Å². The van der Waals surface area contributed by atoms with Crippen molar-refractivity contribution in [2.45, 2.75) is 31.5 Å². The van der Waals surface area contributed by atoms with Gasteiger partial charge in [0, 0.05) is 23.7 Å². The predicted molar refractivity (Wildman–Crippen MR) is 82.3 cm³/mol. The zero-order chi connectivity index (χ0) is 14.5. The number of benzene rings is 1. The number of nitrogens with one attached hydrogen (secondary N) is 2. The summed E-state index contributed by atoms with van der Waals surface area (Å²) < 4.78 is 10.6. The summed E-state index contributed by atoms with van der Waals surface area (Å²) in [5.74, 6) is 0.939. The van der Waals surface area contributed by atoms with E-state index >= 15 is 0 Å². The van der Waals surface area contributed by atoms with Gasteiger partial charge in [-0.05, 0) is 31.5 Å². The predicted octanol–water partition coefficient (Wildman–Crippen LogP) is 2.87. The molecule has 2 heterocycles. The third-order valence-electron chi connectivity index (χ3n) is 4.11. The standard InChI is InChI=1S/C17H22N2O2/c1-20-16-7-3-2-5-13(16)11-19-15-6-4-9-18-17(15)14-8-10-21-12-14/h2-3,5,7-8,10,12,15,17-19H,4,6,9,11H2,1H3. The van der Waals surface area contributed by atoms with E-state index in [2.05, 4.69) is 16.7 Å². The Balaban J connectivity index is 1.68. The summed E-state index contributed by atoms with van der Waals surface area (Å²) in [7, 11) is 1.72. The number of para-hydroxylation sites is 1. The molecule has 1 aromatic carbocycles. The summed E-state index contributed by atoms with van der Waals surface area (Å²) in [4.78, 5) is 0. The third kappa shape index (κ3) is 3.28. The normalized spacial score (nSPS) is 22.1. The molecule has 3 rings (SSSR count). The molecule has 2 aromatic rings. The lowest BCUT2D eigenvalue weighted by atomic mass is 9.93. The Labute approximate surface area is 125 Å². The number of hydrogen-bond donors (Lipinski definition) is 2. The maximum Gasteiger partial charge on any atom is 0.123 e. The summed E-state index contributed by atoms with van der Waals surface area (Å²) in [6.07, 6.45) is 5.93. The molecule has 1 aliphatic heterocycles. The van der Waals surface area contributed by atoms with E-state index < -0.39 is 0 Å².